The van der Waals surface area contributed by atoms with Gasteiger partial charge in [0.1, 0.15) is 17.5 Å². The highest BCUT2D eigenvalue weighted by molar-refractivity contribution is 6.28. The summed E-state index contributed by atoms with van der Waals surface area (Å²) in [6.07, 6.45) is 0.496. The molecule has 0 bridgehead atoms. The zero-order chi connectivity index (χ0) is 22.6. The Morgan fingerprint density at radius 3 is 2.75 bits per heavy atom. The fourth-order valence-corrected chi connectivity index (χ4v) is 5.08. The number of anilines is 1. The van der Waals surface area contributed by atoms with Crippen LogP contribution >= 0.6 is 11.6 Å². The van der Waals surface area contributed by atoms with Gasteiger partial charge in [-0.25, -0.2) is 13.3 Å². The summed E-state index contributed by atoms with van der Waals surface area (Å²) in [5.74, 6) is -0.0770. The van der Waals surface area contributed by atoms with Crippen LogP contribution in [0, 0.1) is 11.2 Å². The number of nitrogens with one attached hydrogen (secondary N) is 1. The Kier molecular flexibility index (Phi) is 5.09. The number of halogens is 3. The van der Waals surface area contributed by atoms with Crippen molar-refractivity contribution in [2.45, 2.75) is 19.6 Å². The van der Waals surface area contributed by atoms with Crippen LogP contribution in [0.3, 0.4) is 0 Å². The van der Waals surface area contributed by atoms with Gasteiger partial charge in [0, 0.05) is 66.7 Å². The molecule has 3 aromatic rings. The molecule has 4 heterocycles. The summed E-state index contributed by atoms with van der Waals surface area (Å²) in [6.45, 7) is 10.0. The maximum atomic E-state index is 14.6. The Balaban J connectivity index is 1.36. The van der Waals surface area contributed by atoms with Crippen LogP contribution in [0.1, 0.15) is 29.8 Å². The molecule has 1 N–H and O–H groups in total. The summed E-state index contributed by atoms with van der Waals surface area (Å²) >= 11 is 6.13. The Morgan fingerprint density at radius 2 is 2.06 bits per heavy atom. The molecule has 1 unspecified atom stereocenters. The van der Waals surface area contributed by atoms with Gasteiger partial charge in [-0.15, -0.1) is 5.10 Å². The van der Waals surface area contributed by atoms with Gasteiger partial charge in [0.2, 0.25) is 5.28 Å². The number of rotatable bonds is 6. The molecule has 2 fully saturated rings. The lowest BCUT2D eigenvalue weighted by Gasteiger charge is -2.60. The molecule has 2 saturated heterocycles. The largest absolute Gasteiger partial charge is 0.370 e. The van der Waals surface area contributed by atoms with Gasteiger partial charge in [-0.3, -0.25) is 0 Å². The first-order valence-electron chi connectivity index (χ1n) is 10.6. The van der Waals surface area contributed by atoms with E-state index in [2.05, 4.69) is 38.8 Å². The molecule has 0 aliphatic carbocycles. The van der Waals surface area contributed by atoms with E-state index in [9.17, 15) is 8.78 Å². The first-order valence-corrected chi connectivity index (χ1v) is 11.0. The second kappa shape index (κ2) is 7.71. The fourth-order valence-electron chi connectivity index (χ4n) is 4.92. The van der Waals surface area contributed by atoms with Crippen LogP contribution in [0.15, 0.2) is 37.0 Å². The SMILES string of the molecule is C=C(c1cc2c(NCc3cccc(C(C)F)c3F)nc(Cl)nn2c1)N1CC2(CN(C)C2)C1. The van der Waals surface area contributed by atoms with Crippen molar-refractivity contribution in [2.24, 2.45) is 5.41 Å². The topological polar surface area (TPSA) is 48.7 Å². The van der Waals surface area contributed by atoms with E-state index in [4.69, 9.17) is 11.6 Å². The average molecular weight is 459 g/mol. The average Bonchev–Trinajstić information content (AvgIpc) is 3.12. The predicted octanol–water partition coefficient (Wildman–Crippen LogP) is 4.38. The number of nitrogens with zero attached hydrogens (tertiary/aromatic N) is 5. The molecule has 2 aliphatic heterocycles. The summed E-state index contributed by atoms with van der Waals surface area (Å²) in [5.41, 5.74) is 3.39. The van der Waals surface area contributed by atoms with Crippen LogP contribution in [0.25, 0.3) is 11.2 Å². The molecule has 9 heteroatoms. The van der Waals surface area contributed by atoms with E-state index in [1.54, 1.807) is 16.6 Å². The van der Waals surface area contributed by atoms with Gasteiger partial charge in [-0.1, -0.05) is 24.8 Å². The molecule has 1 aromatic carbocycles. The fraction of sp³-hybridized carbons (Fsp3) is 0.391. The van der Waals surface area contributed by atoms with Crippen LogP contribution in [0.4, 0.5) is 14.6 Å². The monoisotopic (exact) mass is 458 g/mol. The van der Waals surface area contributed by atoms with Gasteiger partial charge < -0.3 is 15.1 Å². The molecule has 2 aliphatic rings. The minimum absolute atomic E-state index is 0.0430. The highest BCUT2D eigenvalue weighted by Gasteiger charge is 2.50. The lowest BCUT2D eigenvalue weighted by Crippen LogP contribution is -2.70. The van der Waals surface area contributed by atoms with Crippen molar-refractivity contribution >= 4 is 28.6 Å². The van der Waals surface area contributed by atoms with Crippen molar-refractivity contribution in [3.8, 4) is 0 Å². The standard InChI is InChI=1S/C23H25ClF2N6/c1-14(25)18-6-4-5-16(20(18)26)8-27-21-19-7-17(9-32(19)29-22(24)28-21)15(2)31-12-23(13-31)10-30(3)11-23/h4-7,9,14H,2,8,10-13H2,1,3H3,(H,27,28,29). The molecule has 1 spiro atoms. The molecule has 168 valence electrons. The quantitative estimate of drug-likeness (QED) is 0.594. The van der Waals surface area contributed by atoms with Crippen molar-refractivity contribution in [3.05, 3.63) is 64.8 Å². The second-order valence-electron chi connectivity index (χ2n) is 9.05. The minimum Gasteiger partial charge on any atom is -0.370 e. The molecule has 5 rings (SSSR count). The van der Waals surface area contributed by atoms with Gasteiger partial charge in [0.25, 0.3) is 0 Å². The maximum absolute atomic E-state index is 14.6. The second-order valence-corrected chi connectivity index (χ2v) is 9.39. The lowest BCUT2D eigenvalue weighted by atomic mass is 9.73. The smallest absolute Gasteiger partial charge is 0.243 e. The van der Waals surface area contributed by atoms with Gasteiger partial charge in [-0.2, -0.15) is 4.98 Å². The first-order chi connectivity index (χ1) is 15.2. The summed E-state index contributed by atoms with van der Waals surface area (Å²) in [7, 11) is 2.14. The van der Waals surface area contributed by atoms with Crippen LogP contribution in [-0.4, -0.2) is 57.6 Å². The number of fused-ring (bicyclic) bond motifs is 1. The van der Waals surface area contributed by atoms with Crippen molar-refractivity contribution in [1.82, 2.24) is 24.4 Å². The van der Waals surface area contributed by atoms with E-state index in [0.29, 0.717) is 22.3 Å². The van der Waals surface area contributed by atoms with Gasteiger partial charge in [0.15, 0.2) is 5.82 Å². The third kappa shape index (κ3) is 3.61. The number of hydrogen-bond acceptors (Lipinski definition) is 5. The van der Waals surface area contributed by atoms with Crippen molar-refractivity contribution in [1.29, 1.82) is 0 Å². The van der Waals surface area contributed by atoms with E-state index < -0.39 is 12.0 Å². The number of aromatic nitrogens is 3. The number of likely N-dealkylation sites (tertiary alicyclic amines) is 2. The molecular formula is C23H25ClF2N6. The van der Waals surface area contributed by atoms with Crippen LogP contribution in [0.2, 0.25) is 5.28 Å². The molecule has 0 saturated carbocycles. The molecular weight excluding hydrogens is 434 g/mol. The van der Waals surface area contributed by atoms with Gasteiger partial charge in [-0.05, 0) is 31.6 Å². The van der Waals surface area contributed by atoms with Gasteiger partial charge >= 0.3 is 0 Å². The molecule has 1 atom stereocenters. The zero-order valence-corrected chi connectivity index (χ0v) is 18.8. The van der Waals surface area contributed by atoms with Crippen molar-refractivity contribution < 1.29 is 8.78 Å². The Hall–Kier alpha value is -2.71. The van der Waals surface area contributed by atoms with Crippen LogP contribution in [0.5, 0.6) is 0 Å². The van der Waals surface area contributed by atoms with Crippen molar-refractivity contribution in [3.63, 3.8) is 0 Å². The third-order valence-corrected chi connectivity index (χ3v) is 6.56. The van der Waals surface area contributed by atoms with E-state index in [0.717, 1.165) is 37.4 Å². The normalized spacial score (nSPS) is 18.5. The van der Waals surface area contributed by atoms with E-state index >= 15 is 0 Å². The molecule has 0 radical (unpaired) electrons. The van der Waals surface area contributed by atoms with Gasteiger partial charge in [0.05, 0.1) is 0 Å². The summed E-state index contributed by atoms with van der Waals surface area (Å²) in [5, 5.41) is 7.46. The highest BCUT2D eigenvalue weighted by atomic mass is 35.5. The lowest BCUT2D eigenvalue weighted by molar-refractivity contribution is -0.0781. The zero-order valence-electron chi connectivity index (χ0n) is 18.1. The first kappa shape index (κ1) is 21.2. The summed E-state index contributed by atoms with van der Waals surface area (Å²) < 4.78 is 29.9. The summed E-state index contributed by atoms with van der Waals surface area (Å²) in [6, 6.07) is 6.68. The number of benzene rings is 1. The number of hydrogen-bond donors (Lipinski definition) is 1. The van der Waals surface area contributed by atoms with E-state index in [1.807, 2.05) is 12.3 Å². The predicted molar refractivity (Wildman–Crippen MR) is 122 cm³/mol. The number of alkyl halides is 1. The molecule has 2 aromatic heterocycles. The molecule has 0 amide bonds. The maximum Gasteiger partial charge on any atom is 0.243 e. The summed E-state index contributed by atoms with van der Waals surface area (Å²) in [4.78, 5) is 8.90. The third-order valence-electron chi connectivity index (χ3n) is 6.40. The van der Waals surface area contributed by atoms with Crippen molar-refractivity contribution in [2.75, 3.05) is 38.5 Å². The van der Waals surface area contributed by atoms with Crippen LogP contribution < -0.4 is 5.32 Å². The highest BCUT2D eigenvalue weighted by Crippen LogP contribution is 2.42. The van der Waals surface area contributed by atoms with Crippen LogP contribution in [-0.2, 0) is 6.54 Å². The Labute approximate surface area is 190 Å². The molecule has 32 heavy (non-hydrogen) atoms. The minimum atomic E-state index is -1.38. The Morgan fingerprint density at radius 1 is 1.31 bits per heavy atom. The molecule has 6 nitrogen and oxygen atoms in total. The van der Waals surface area contributed by atoms with E-state index in [-0.39, 0.29) is 17.4 Å². The van der Waals surface area contributed by atoms with E-state index in [1.165, 1.54) is 13.0 Å². The Bertz CT molecular complexity index is 1190.